The fourth-order valence-corrected chi connectivity index (χ4v) is 3.10. The van der Waals surface area contributed by atoms with E-state index in [9.17, 15) is 9.90 Å². The van der Waals surface area contributed by atoms with Crippen molar-refractivity contribution in [2.24, 2.45) is 7.05 Å². The maximum Gasteiger partial charge on any atom is 0.252 e. The van der Waals surface area contributed by atoms with E-state index in [2.05, 4.69) is 10.4 Å². The lowest BCUT2D eigenvalue weighted by Gasteiger charge is -2.11. The highest BCUT2D eigenvalue weighted by Crippen LogP contribution is 2.40. The molecule has 3 aromatic heterocycles. The lowest BCUT2D eigenvalue weighted by Crippen LogP contribution is -2.28. The van der Waals surface area contributed by atoms with E-state index in [1.54, 1.807) is 16.8 Å². The highest BCUT2D eigenvalue weighted by atomic mass is 16.4. The third kappa shape index (κ3) is 2.91. The first-order valence-corrected chi connectivity index (χ1v) is 8.38. The van der Waals surface area contributed by atoms with E-state index in [-0.39, 0.29) is 12.5 Å². The van der Waals surface area contributed by atoms with Crippen LogP contribution in [0.2, 0.25) is 0 Å². The summed E-state index contributed by atoms with van der Waals surface area (Å²) in [5, 5.41) is 18.0. The molecule has 4 rings (SSSR count). The zero-order valence-corrected chi connectivity index (χ0v) is 14.2. The topological polar surface area (TPSA) is 93.2 Å². The van der Waals surface area contributed by atoms with Crippen LogP contribution in [0, 0.1) is 6.92 Å². The Morgan fingerprint density at radius 3 is 3.00 bits per heavy atom. The van der Waals surface area contributed by atoms with E-state index in [1.807, 2.05) is 20.0 Å². The van der Waals surface area contributed by atoms with Crippen LogP contribution in [0.4, 0.5) is 0 Å². The van der Waals surface area contributed by atoms with Gasteiger partial charge in [0.1, 0.15) is 11.9 Å². The van der Waals surface area contributed by atoms with Gasteiger partial charge in [0.25, 0.3) is 5.91 Å². The molecular formula is C18H20N4O3. The summed E-state index contributed by atoms with van der Waals surface area (Å²) >= 11 is 0. The molecule has 3 aromatic rings. The summed E-state index contributed by atoms with van der Waals surface area (Å²) in [5.41, 5.74) is 2.99. The molecule has 1 aliphatic rings. The second kappa shape index (κ2) is 6.00. The Hall–Kier alpha value is -2.67. The minimum absolute atomic E-state index is 0.0776. The Bertz CT molecular complexity index is 926. The van der Waals surface area contributed by atoms with E-state index in [0.717, 1.165) is 35.3 Å². The van der Waals surface area contributed by atoms with Crippen LogP contribution >= 0.6 is 0 Å². The lowest BCUT2D eigenvalue weighted by atomic mass is 10.1. The first-order chi connectivity index (χ1) is 12.0. The van der Waals surface area contributed by atoms with E-state index in [1.165, 1.54) is 6.26 Å². The van der Waals surface area contributed by atoms with E-state index in [0.29, 0.717) is 17.2 Å². The number of hydrogen-bond acceptors (Lipinski definition) is 5. The SMILES string of the molecule is Cc1nn(C)c2nc(C3CC3)cc(C(=O)NCC(O)c3ccco3)c12. The summed E-state index contributed by atoms with van der Waals surface area (Å²) in [6, 6.07) is 5.24. The number of furan rings is 1. The van der Waals surface area contributed by atoms with Crippen molar-refractivity contribution in [1.29, 1.82) is 0 Å². The first-order valence-electron chi connectivity index (χ1n) is 8.38. The molecule has 130 valence electrons. The van der Waals surface area contributed by atoms with Gasteiger partial charge in [-0.2, -0.15) is 5.10 Å². The van der Waals surface area contributed by atoms with Crippen LogP contribution in [0.1, 0.15) is 52.4 Å². The summed E-state index contributed by atoms with van der Waals surface area (Å²) in [5.74, 6) is 0.618. The van der Waals surface area contributed by atoms with E-state index in [4.69, 9.17) is 9.40 Å². The molecule has 25 heavy (non-hydrogen) atoms. The maximum absolute atomic E-state index is 12.8. The Labute approximate surface area is 144 Å². The number of rotatable bonds is 5. The van der Waals surface area contributed by atoms with Crippen LogP contribution < -0.4 is 5.32 Å². The van der Waals surface area contributed by atoms with Crippen molar-refractivity contribution < 1.29 is 14.3 Å². The minimum Gasteiger partial charge on any atom is -0.467 e. The second-order valence-electron chi connectivity index (χ2n) is 6.52. The van der Waals surface area contributed by atoms with Crippen molar-refractivity contribution in [1.82, 2.24) is 20.1 Å². The summed E-state index contributed by atoms with van der Waals surface area (Å²) in [6.07, 6.45) is 2.82. The van der Waals surface area contributed by atoms with Gasteiger partial charge in [-0.05, 0) is 38.0 Å². The number of carbonyl (C=O) groups is 1. The molecule has 0 saturated heterocycles. The molecule has 7 nitrogen and oxygen atoms in total. The molecular weight excluding hydrogens is 320 g/mol. The molecule has 0 bridgehead atoms. The zero-order valence-electron chi connectivity index (χ0n) is 14.2. The zero-order chi connectivity index (χ0) is 17.6. The smallest absolute Gasteiger partial charge is 0.252 e. The molecule has 1 atom stereocenters. The van der Waals surface area contributed by atoms with Crippen LogP contribution in [0.5, 0.6) is 0 Å². The lowest BCUT2D eigenvalue weighted by molar-refractivity contribution is 0.0902. The summed E-state index contributed by atoms with van der Waals surface area (Å²) in [6.45, 7) is 1.95. The van der Waals surface area contributed by atoms with Gasteiger partial charge in [0.05, 0.1) is 29.5 Å². The third-order valence-corrected chi connectivity index (χ3v) is 4.56. The molecule has 3 heterocycles. The standard InChI is InChI=1S/C18H20N4O3/c1-10-16-12(18(24)19-9-14(23)15-4-3-7-25-15)8-13(11-5-6-11)20-17(16)22(2)21-10/h3-4,7-8,11,14,23H,5-6,9H2,1-2H3,(H,19,24). The second-order valence-corrected chi connectivity index (χ2v) is 6.52. The number of fused-ring (bicyclic) bond motifs is 1. The average Bonchev–Trinajstić information content (AvgIpc) is 3.23. The molecule has 0 aliphatic heterocycles. The fourth-order valence-electron chi connectivity index (χ4n) is 3.10. The number of aromatic nitrogens is 3. The van der Waals surface area contributed by atoms with Gasteiger partial charge in [0, 0.05) is 18.7 Å². The Morgan fingerprint density at radius 1 is 1.52 bits per heavy atom. The van der Waals surface area contributed by atoms with Crippen molar-refractivity contribution in [3.8, 4) is 0 Å². The molecule has 1 aliphatic carbocycles. The predicted octanol–water partition coefficient (Wildman–Crippen LogP) is 2.21. The van der Waals surface area contributed by atoms with Gasteiger partial charge in [0.15, 0.2) is 5.65 Å². The van der Waals surface area contributed by atoms with Crippen LogP contribution in [0.3, 0.4) is 0 Å². The number of nitrogens with zero attached hydrogens (tertiary/aromatic N) is 3. The van der Waals surface area contributed by atoms with Gasteiger partial charge in [0.2, 0.25) is 0 Å². The van der Waals surface area contributed by atoms with Crippen LogP contribution in [-0.2, 0) is 7.05 Å². The minimum atomic E-state index is -0.880. The van der Waals surface area contributed by atoms with Gasteiger partial charge in [-0.25, -0.2) is 4.98 Å². The largest absolute Gasteiger partial charge is 0.467 e. The molecule has 1 amide bonds. The number of pyridine rings is 1. The van der Waals surface area contributed by atoms with Crippen LogP contribution in [-0.4, -0.2) is 32.3 Å². The van der Waals surface area contributed by atoms with E-state index < -0.39 is 6.10 Å². The van der Waals surface area contributed by atoms with Gasteiger partial charge in [-0.3, -0.25) is 9.48 Å². The summed E-state index contributed by atoms with van der Waals surface area (Å²) < 4.78 is 6.87. The number of amides is 1. The Balaban J connectivity index is 1.64. The molecule has 0 aromatic carbocycles. The first kappa shape index (κ1) is 15.8. The highest BCUT2D eigenvalue weighted by Gasteiger charge is 2.28. The van der Waals surface area contributed by atoms with Crippen molar-refractivity contribution in [3.05, 3.63) is 47.2 Å². The molecule has 1 saturated carbocycles. The maximum atomic E-state index is 12.8. The van der Waals surface area contributed by atoms with Crippen molar-refractivity contribution in [3.63, 3.8) is 0 Å². The average molecular weight is 340 g/mol. The molecule has 0 spiro atoms. The Kier molecular flexibility index (Phi) is 3.80. The number of aliphatic hydroxyl groups excluding tert-OH is 1. The molecule has 7 heteroatoms. The Morgan fingerprint density at radius 2 is 2.32 bits per heavy atom. The molecule has 1 unspecified atom stereocenters. The normalized spacial score (nSPS) is 15.5. The molecule has 1 fully saturated rings. The number of aryl methyl sites for hydroxylation is 2. The third-order valence-electron chi connectivity index (χ3n) is 4.56. The highest BCUT2D eigenvalue weighted by molar-refractivity contribution is 6.06. The summed E-state index contributed by atoms with van der Waals surface area (Å²) in [7, 11) is 1.83. The number of aliphatic hydroxyl groups is 1. The van der Waals surface area contributed by atoms with Gasteiger partial charge in [-0.1, -0.05) is 0 Å². The van der Waals surface area contributed by atoms with Gasteiger partial charge >= 0.3 is 0 Å². The number of nitrogens with one attached hydrogen (secondary N) is 1. The quantitative estimate of drug-likeness (QED) is 0.743. The monoisotopic (exact) mass is 340 g/mol. The fraction of sp³-hybridized carbons (Fsp3) is 0.389. The van der Waals surface area contributed by atoms with Crippen molar-refractivity contribution in [2.75, 3.05) is 6.54 Å². The predicted molar refractivity (Wildman–Crippen MR) is 91.2 cm³/mol. The number of carbonyl (C=O) groups excluding carboxylic acids is 1. The van der Waals surface area contributed by atoms with Crippen molar-refractivity contribution in [2.45, 2.75) is 31.8 Å². The number of hydrogen-bond donors (Lipinski definition) is 2. The van der Waals surface area contributed by atoms with Crippen molar-refractivity contribution >= 4 is 16.9 Å². The van der Waals surface area contributed by atoms with Crippen LogP contribution in [0.25, 0.3) is 11.0 Å². The van der Waals surface area contributed by atoms with Gasteiger partial charge in [-0.15, -0.1) is 0 Å². The van der Waals surface area contributed by atoms with Crippen LogP contribution in [0.15, 0.2) is 28.9 Å². The van der Waals surface area contributed by atoms with E-state index >= 15 is 0 Å². The van der Waals surface area contributed by atoms with Gasteiger partial charge < -0.3 is 14.8 Å². The summed E-state index contributed by atoms with van der Waals surface area (Å²) in [4.78, 5) is 17.5. The molecule has 0 radical (unpaired) electrons. The molecule has 2 N–H and O–H groups in total.